The van der Waals surface area contributed by atoms with Crippen LogP contribution in [-0.4, -0.2) is 24.6 Å². The van der Waals surface area contributed by atoms with Gasteiger partial charge in [-0.2, -0.15) is 0 Å². The third kappa shape index (κ3) is 3.07. The lowest BCUT2D eigenvalue weighted by Crippen LogP contribution is -2.20. The van der Waals surface area contributed by atoms with E-state index < -0.39 is 0 Å². The van der Waals surface area contributed by atoms with Crippen molar-refractivity contribution in [3.8, 4) is 0 Å². The highest BCUT2D eigenvalue weighted by atomic mass is 15.2. The van der Waals surface area contributed by atoms with Crippen LogP contribution in [0, 0.1) is 0 Å². The van der Waals surface area contributed by atoms with E-state index in [4.69, 9.17) is 0 Å². The van der Waals surface area contributed by atoms with Crippen LogP contribution >= 0.6 is 0 Å². The molecule has 16 heavy (non-hydrogen) atoms. The van der Waals surface area contributed by atoms with Gasteiger partial charge in [-0.15, -0.1) is 6.58 Å². The Morgan fingerprint density at radius 2 is 2.38 bits per heavy atom. The molecular weight excluding hydrogens is 198 g/mol. The summed E-state index contributed by atoms with van der Waals surface area (Å²) in [4.78, 5) is 6.70. The highest BCUT2D eigenvalue weighted by Gasteiger charge is 2.20. The predicted molar refractivity (Wildman–Crippen MR) is 67.6 cm³/mol. The molecule has 1 aliphatic rings. The molecule has 0 saturated heterocycles. The molecule has 1 N–H and O–H groups in total. The quantitative estimate of drug-likeness (QED) is 0.738. The normalized spacial score (nSPS) is 14.8. The highest BCUT2D eigenvalue weighted by molar-refractivity contribution is 5.38. The van der Waals surface area contributed by atoms with Crippen LogP contribution in [0.3, 0.4) is 0 Å². The Balaban J connectivity index is 1.96. The van der Waals surface area contributed by atoms with Gasteiger partial charge in [-0.3, -0.25) is 0 Å². The van der Waals surface area contributed by atoms with Crippen LogP contribution in [-0.2, 0) is 6.54 Å². The zero-order valence-corrected chi connectivity index (χ0v) is 9.82. The minimum atomic E-state index is 0.733. The molecule has 0 radical (unpaired) electrons. The van der Waals surface area contributed by atoms with Gasteiger partial charge in [0, 0.05) is 26.2 Å². The van der Waals surface area contributed by atoms with Crippen molar-refractivity contribution in [3.05, 3.63) is 36.5 Å². The maximum absolute atomic E-state index is 4.61. The van der Waals surface area contributed by atoms with Gasteiger partial charge in [0.1, 0.15) is 5.82 Å². The van der Waals surface area contributed by atoms with Gasteiger partial charge in [-0.25, -0.2) is 4.98 Å². The molecule has 1 saturated carbocycles. The highest BCUT2D eigenvalue weighted by Crippen LogP contribution is 2.19. The van der Waals surface area contributed by atoms with Gasteiger partial charge in [0.05, 0.1) is 5.69 Å². The topological polar surface area (TPSA) is 28.2 Å². The van der Waals surface area contributed by atoms with Crippen LogP contribution in [0.1, 0.15) is 18.5 Å². The lowest BCUT2D eigenvalue weighted by atomic mass is 10.3. The molecule has 0 aliphatic heterocycles. The van der Waals surface area contributed by atoms with Gasteiger partial charge in [0.15, 0.2) is 0 Å². The zero-order valence-electron chi connectivity index (χ0n) is 9.82. The number of hydrogen-bond acceptors (Lipinski definition) is 3. The second-order valence-corrected chi connectivity index (χ2v) is 4.31. The van der Waals surface area contributed by atoms with Gasteiger partial charge in [-0.05, 0) is 25.0 Å². The Morgan fingerprint density at radius 3 is 3.06 bits per heavy atom. The minimum Gasteiger partial charge on any atom is -0.356 e. The summed E-state index contributed by atoms with van der Waals surface area (Å²) in [5.41, 5.74) is 1.11. The number of rotatable bonds is 6. The van der Waals surface area contributed by atoms with E-state index >= 15 is 0 Å². The van der Waals surface area contributed by atoms with Crippen molar-refractivity contribution in [3.63, 3.8) is 0 Å². The molecule has 0 spiro atoms. The predicted octanol–water partition coefficient (Wildman–Crippen LogP) is 1.96. The molecule has 1 aliphatic carbocycles. The zero-order chi connectivity index (χ0) is 11.4. The first kappa shape index (κ1) is 11.1. The summed E-state index contributed by atoms with van der Waals surface area (Å²) in [6.45, 7) is 5.44. The van der Waals surface area contributed by atoms with Gasteiger partial charge >= 0.3 is 0 Å². The van der Waals surface area contributed by atoms with E-state index in [1.54, 1.807) is 0 Å². The first-order valence-corrected chi connectivity index (χ1v) is 5.81. The maximum atomic E-state index is 4.61. The third-order valence-corrected chi connectivity index (χ3v) is 2.74. The van der Waals surface area contributed by atoms with E-state index in [1.165, 1.54) is 12.8 Å². The summed E-state index contributed by atoms with van der Waals surface area (Å²) in [6, 6.07) is 6.90. The molecule has 3 heteroatoms. The van der Waals surface area contributed by atoms with E-state index in [1.807, 2.05) is 19.2 Å². The fraction of sp³-hybridized carbons (Fsp3) is 0.462. The van der Waals surface area contributed by atoms with Crippen molar-refractivity contribution < 1.29 is 0 Å². The smallest absolute Gasteiger partial charge is 0.128 e. The molecule has 3 nitrogen and oxygen atoms in total. The van der Waals surface area contributed by atoms with E-state index in [0.29, 0.717) is 0 Å². The Kier molecular flexibility index (Phi) is 3.57. The van der Waals surface area contributed by atoms with Gasteiger partial charge in [0.2, 0.25) is 0 Å². The van der Waals surface area contributed by atoms with Gasteiger partial charge in [-0.1, -0.05) is 12.1 Å². The summed E-state index contributed by atoms with van der Waals surface area (Å²) >= 11 is 0. The van der Waals surface area contributed by atoms with E-state index in [2.05, 4.69) is 33.9 Å². The Labute approximate surface area is 97.2 Å². The van der Waals surface area contributed by atoms with E-state index in [9.17, 15) is 0 Å². The number of aromatic nitrogens is 1. The van der Waals surface area contributed by atoms with E-state index in [0.717, 1.165) is 30.6 Å². The average Bonchev–Trinajstić information content (AvgIpc) is 3.11. The van der Waals surface area contributed by atoms with Crippen LogP contribution in [0.15, 0.2) is 30.9 Å². The maximum Gasteiger partial charge on any atom is 0.128 e. The molecular formula is C13H19N3. The Morgan fingerprint density at radius 1 is 1.56 bits per heavy atom. The van der Waals surface area contributed by atoms with Crippen molar-refractivity contribution >= 4 is 5.82 Å². The first-order chi connectivity index (χ1) is 7.79. The SMILES string of the molecule is C=CCN(C)c1cccc(CNC2CC2)n1. The van der Waals surface area contributed by atoms with Crippen LogP contribution in [0.2, 0.25) is 0 Å². The molecule has 1 fully saturated rings. The number of hydrogen-bond donors (Lipinski definition) is 1. The standard InChI is InChI=1S/C13H19N3/c1-3-9-16(2)13-6-4-5-12(15-13)10-14-11-7-8-11/h3-6,11,14H,1,7-10H2,2H3. The van der Waals surface area contributed by atoms with Crippen molar-refractivity contribution in [2.45, 2.75) is 25.4 Å². The molecule has 0 bridgehead atoms. The third-order valence-electron chi connectivity index (χ3n) is 2.74. The molecule has 2 rings (SSSR count). The number of anilines is 1. The molecule has 86 valence electrons. The second kappa shape index (κ2) is 5.12. The fourth-order valence-corrected chi connectivity index (χ4v) is 1.60. The van der Waals surface area contributed by atoms with Crippen molar-refractivity contribution in [2.24, 2.45) is 0 Å². The average molecular weight is 217 g/mol. The molecule has 1 aromatic heterocycles. The summed E-state index contributed by atoms with van der Waals surface area (Å²) in [5, 5.41) is 3.47. The molecule has 0 amide bonds. The second-order valence-electron chi connectivity index (χ2n) is 4.31. The van der Waals surface area contributed by atoms with Crippen LogP contribution < -0.4 is 10.2 Å². The summed E-state index contributed by atoms with van der Waals surface area (Å²) in [5.74, 6) is 1.01. The van der Waals surface area contributed by atoms with Crippen LogP contribution in [0.4, 0.5) is 5.82 Å². The van der Waals surface area contributed by atoms with Crippen LogP contribution in [0.25, 0.3) is 0 Å². The number of pyridine rings is 1. The lowest BCUT2D eigenvalue weighted by Gasteiger charge is -2.16. The number of nitrogens with one attached hydrogen (secondary N) is 1. The summed E-state index contributed by atoms with van der Waals surface area (Å²) < 4.78 is 0. The lowest BCUT2D eigenvalue weighted by molar-refractivity contribution is 0.674. The largest absolute Gasteiger partial charge is 0.356 e. The Bertz CT molecular complexity index is 358. The minimum absolute atomic E-state index is 0.733. The molecule has 0 aromatic carbocycles. The monoisotopic (exact) mass is 217 g/mol. The number of likely N-dealkylation sites (N-methyl/N-ethyl adjacent to an activating group) is 1. The Hall–Kier alpha value is -1.35. The van der Waals surface area contributed by atoms with Gasteiger partial charge in [0.25, 0.3) is 0 Å². The van der Waals surface area contributed by atoms with Crippen molar-refractivity contribution in [1.29, 1.82) is 0 Å². The van der Waals surface area contributed by atoms with E-state index in [-0.39, 0.29) is 0 Å². The van der Waals surface area contributed by atoms with Crippen molar-refractivity contribution in [1.82, 2.24) is 10.3 Å². The molecule has 0 unspecified atom stereocenters. The molecule has 0 atom stereocenters. The number of nitrogens with zero attached hydrogens (tertiary/aromatic N) is 2. The van der Waals surface area contributed by atoms with Crippen molar-refractivity contribution in [2.75, 3.05) is 18.5 Å². The first-order valence-electron chi connectivity index (χ1n) is 5.81. The summed E-state index contributed by atoms with van der Waals surface area (Å²) in [6.07, 6.45) is 4.52. The molecule has 1 aromatic rings. The van der Waals surface area contributed by atoms with Gasteiger partial charge < -0.3 is 10.2 Å². The molecule has 1 heterocycles. The summed E-state index contributed by atoms with van der Waals surface area (Å²) in [7, 11) is 2.03. The van der Waals surface area contributed by atoms with Crippen LogP contribution in [0.5, 0.6) is 0 Å². The fourth-order valence-electron chi connectivity index (χ4n) is 1.60.